The molecule has 188 valence electrons. The predicted molar refractivity (Wildman–Crippen MR) is 132 cm³/mol. The van der Waals surface area contributed by atoms with Gasteiger partial charge in [0.05, 0.1) is 6.10 Å². The number of fused-ring (bicyclic) bond motifs is 5. The average Bonchev–Trinajstić information content (AvgIpc) is 3.04. The monoisotopic (exact) mass is 458 g/mol. The lowest BCUT2D eigenvalue weighted by molar-refractivity contribution is -0.206. The fraction of sp³-hybridized carbons (Fsp3) is 0.967. The van der Waals surface area contributed by atoms with Crippen LogP contribution in [-0.2, 0) is 9.53 Å². The molecule has 12 unspecified atom stereocenters. The Balaban J connectivity index is 1.41. The molecule has 1 heterocycles. The maximum atomic E-state index is 13.8. The summed E-state index contributed by atoms with van der Waals surface area (Å²) < 4.78 is 6.16. The molecule has 5 aliphatic rings. The molecule has 4 aliphatic carbocycles. The number of Topliss-reactive ketones (excluding diaryl/α,β-unsaturated/α-hetero) is 1. The lowest BCUT2D eigenvalue weighted by Gasteiger charge is -2.62. The molecule has 0 aromatic carbocycles. The first kappa shape index (κ1) is 24.3. The fourth-order valence-electron chi connectivity index (χ4n) is 10.4. The lowest BCUT2D eigenvalue weighted by atomic mass is 9.42. The third kappa shape index (κ3) is 3.78. The van der Waals surface area contributed by atoms with Gasteiger partial charge in [0, 0.05) is 18.8 Å². The third-order valence-corrected chi connectivity index (χ3v) is 12.3. The second-order valence-electron chi connectivity index (χ2n) is 14.1. The van der Waals surface area contributed by atoms with Gasteiger partial charge in [-0.2, -0.15) is 0 Å². The van der Waals surface area contributed by atoms with E-state index < -0.39 is 6.29 Å². The first-order valence-corrected chi connectivity index (χ1v) is 14.4. The molecular weight excluding hydrogens is 408 g/mol. The third-order valence-electron chi connectivity index (χ3n) is 12.3. The topological polar surface area (TPSA) is 46.5 Å². The highest BCUT2D eigenvalue weighted by atomic mass is 16.6. The molecular formula is C30H50O3. The lowest BCUT2D eigenvalue weighted by Crippen LogP contribution is -2.57. The van der Waals surface area contributed by atoms with Gasteiger partial charge in [-0.25, -0.2) is 0 Å². The van der Waals surface area contributed by atoms with Crippen molar-refractivity contribution in [3.8, 4) is 0 Å². The smallest absolute Gasteiger partial charge is 0.155 e. The van der Waals surface area contributed by atoms with Crippen molar-refractivity contribution in [2.75, 3.05) is 0 Å². The molecule has 1 N–H and O–H groups in total. The number of hydrogen-bond acceptors (Lipinski definition) is 3. The van der Waals surface area contributed by atoms with Crippen molar-refractivity contribution in [1.29, 1.82) is 0 Å². The maximum Gasteiger partial charge on any atom is 0.155 e. The first-order valence-electron chi connectivity index (χ1n) is 14.4. The van der Waals surface area contributed by atoms with E-state index >= 15 is 0 Å². The van der Waals surface area contributed by atoms with E-state index in [1.54, 1.807) is 0 Å². The molecule has 0 radical (unpaired) electrons. The van der Waals surface area contributed by atoms with Gasteiger partial charge < -0.3 is 9.84 Å². The van der Waals surface area contributed by atoms with E-state index in [4.69, 9.17) is 4.74 Å². The van der Waals surface area contributed by atoms with E-state index in [0.717, 1.165) is 31.1 Å². The van der Waals surface area contributed by atoms with E-state index in [-0.39, 0.29) is 17.4 Å². The second-order valence-corrected chi connectivity index (χ2v) is 14.1. The Labute approximate surface area is 202 Å². The van der Waals surface area contributed by atoms with Crippen LogP contribution < -0.4 is 0 Å². The molecule has 12 atom stereocenters. The van der Waals surface area contributed by atoms with Crippen LogP contribution >= 0.6 is 0 Å². The number of carbonyl (C=O) groups is 1. The van der Waals surface area contributed by atoms with Gasteiger partial charge in [-0.15, -0.1) is 0 Å². The Morgan fingerprint density at radius 3 is 2.48 bits per heavy atom. The Hall–Kier alpha value is -0.410. The maximum absolute atomic E-state index is 13.8. The van der Waals surface area contributed by atoms with Crippen LogP contribution in [0.1, 0.15) is 106 Å². The molecule has 0 spiro atoms. The van der Waals surface area contributed by atoms with Gasteiger partial charge in [-0.05, 0) is 96.7 Å². The van der Waals surface area contributed by atoms with E-state index in [2.05, 4.69) is 41.5 Å². The van der Waals surface area contributed by atoms with Crippen molar-refractivity contribution >= 4 is 5.78 Å². The van der Waals surface area contributed by atoms with Crippen molar-refractivity contribution in [2.45, 2.75) is 118 Å². The molecule has 3 nitrogen and oxygen atoms in total. The summed E-state index contributed by atoms with van der Waals surface area (Å²) in [5.41, 5.74) is 0.560. The molecule has 0 aromatic rings. The molecule has 1 saturated heterocycles. The summed E-state index contributed by atoms with van der Waals surface area (Å²) in [6.07, 6.45) is 11.4. The summed E-state index contributed by atoms with van der Waals surface area (Å²) in [6, 6.07) is 0. The number of aliphatic hydroxyl groups is 1. The number of ether oxygens (including phenoxy) is 1. The second kappa shape index (κ2) is 8.61. The van der Waals surface area contributed by atoms with Gasteiger partial charge in [0.2, 0.25) is 0 Å². The number of rotatable bonds is 3. The van der Waals surface area contributed by atoms with Crippen LogP contribution in [0.2, 0.25) is 0 Å². The summed E-state index contributed by atoms with van der Waals surface area (Å²) in [7, 11) is 0. The molecule has 1 aliphatic heterocycles. The molecule has 0 amide bonds. The Bertz CT molecular complexity index is 747. The highest BCUT2D eigenvalue weighted by Gasteiger charge is 2.65. The van der Waals surface area contributed by atoms with E-state index in [1.165, 1.54) is 44.9 Å². The van der Waals surface area contributed by atoms with Crippen LogP contribution in [0.5, 0.6) is 0 Å². The summed E-state index contributed by atoms with van der Waals surface area (Å²) in [6.45, 7) is 14.4. The minimum Gasteiger partial charge on any atom is -0.368 e. The highest BCUT2D eigenvalue weighted by molar-refractivity contribution is 5.85. The first-order chi connectivity index (χ1) is 15.6. The number of aliphatic hydroxyl groups excluding tert-OH is 1. The standard InChI is InChI=1S/C30H50O3/c1-17(2)20-14-25(33-26(32)15-20)19(4)23-16-24(31)28-27-18(3)13-21-9-7-8-11-29(21,5)22(27)10-12-30(23,28)6/h17-23,25-28,32H,7-16H2,1-6H3. The van der Waals surface area contributed by atoms with Crippen LogP contribution in [0.15, 0.2) is 0 Å². The zero-order valence-corrected chi connectivity index (χ0v) is 22.2. The van der Waals surface area contributed by atoms with Gasteiger partial charge >= 0.3 is 0 Å². The average molecular weight is 459 g/mol. The van der Waals surface area contributed by atoms with E-state index in [0.29, 0.717) is 46.7 Å². The largest absolute Gasteiger partial charge is 0.368 e. The summed E-state index contributed by atoms with van der Waals surface area (Å²) in [5, 5.41) is 10.5. The molecule has 5 fully saturated rings. The molecule has 0 bridgehead atoms. The SMILES string of the molecule is CC(C)C1CC(O)OC(C(C)C2CC(=O)C3C4C(C)CC5CCCCC5(C)C4CCC23C)C1. The molecule has 0 aromatic heterocycles. The zero-order chi connectivity index (χ0) is 23.7. The number of carbonyl (C=O) groups excluding carboxylic acids is 1. The van der Waals surface area contributed by atoms with E-state index in [1.807, 2.05) is 0 Å². The minimum atomic E-state index is -0.642. The fourth-order valence-corrected chi connectivity index (χ4v) is 10.4. The van der Waals surface area contributed by atoms with Crippen LogP contribution in [0.25, 0.3) is 0 Å². The minimum absolute atomic E-state index is 0.0799. The quantitative estimate of drug-likeness (QED) is 0.502. The van der Waals surface area contributed by atoms with Crippen LogP contribution in [-0.4, -0.2) is 23.3 Å². The van der Waals surface area contributed by atoms with Gasteiger partial charge in [0.25, 0.3) is 0 Å². The highest BCUT2D eigenvalue weighted by Crippen LogP contribution is 2.68. The molecule has 3 heteroatoms. The van der Waals surface area contributed by atoms with Crippen molar-refractivity contribution in [3.05, 3.63) is 0 Å². The van der Waals surface area contributed by atoms with Crippen LogP contribution in [0, 0.1) is 64.1 Å². The molecule has 5 rings (SSSR count). The Morgan fingerprint density at radius 2 is 1.76 bits per heavy atom. The Kier molecular flexibility index (Phi) is 6.34. The summed E-state index contributed by atoms with van der Waals surface area (Å²) in [4.78, 5) is 13.8. The Morgan fingerprint density at radius 1 is 1.00 bits per heavy atom. The van der Waals surface area contributed by atoms with E-state index in [9.17, 15) is 9.90 Å². The van der Waals surface area contributed by atoms with Crippen molar-refractivity contribution in [2.24, 2.45) is 64.1 Å². The normalized spacial score (nSPS) is 53.3. The van der Waals surface area contributed by atoms with Crippen molar-refractivity contribution < 1.29 is 14.6 Å². The zero-order valence-electron chi connectivity index (χ0n) is 22.2. The van der Waals surface area contributed by atoms with Crippen LogP contribution in [0.3, 0.4) is 0 Å². The van der Waals surface area contributed by atoms with Crippen molar-refractivity contribution in [1.82, 2.24) is 0 Å². The van der Waals surface area contributed by atoms with Gasteiger partial charge in [0.15, 0.2) is 6.29 Å². The molecule has 33 heavy (non-hydrogen) atoms. The number of hydrogen-bond donors (Lipinski definition) is 1. The summed E-state index contributed by atoms with van der Waals surface area (Å²) in [5.74, 6) is 5.47. The van der Waals surface area contributed by atoms with Gasteiger partial charge in [-0.3, -0.25) is 4.79 Å². The molecule has 4 saturated carbocycles. The van der Waals surface area contributed by atoms with Crippen molar-refractivity contribution in [3.63, 3.8) is 0 Å². The van der Waals surface area contributed by atoms with Crippen LogP contribution in [0.4, 0.5) is 0 Å². The number of ketones is 1. The predicted octanol–water partition coefficient (Wildman–Crippen LogP) is 6.87. The van der Waals surface area contributed by atoms with Gasteiger partial charge in [-0.1, -0.05) is 54.4 Å². The van der Waals surface area contributed by atoms with Gasteiger partial charge in [0.1, 0.15) is 5.78 Å². The summed E-state index contributed by atoms with van der Waals surface area (Å²) >= 11 is 0.